The summed E-state index contributed by atoms with van der Waals surface area (Å²) in [6.07, 6.45) is 0.485. The number of rotatable bonds is 6. The number of aromatic nitrogens is 1. The van der Waals surface area contributed by atoms with Gasteiger partial charge >= 0.3 is 0 Å². The van der Waals surface area contributed by atoms with E-state index in [0.717, 1.165) is 48.5 Å². The molecule has 3 aromatic rings. The second-order valence-corrected chi connectivity index (χ2v) is 8.78. The molecule has 4 rings (SSSR count). The van der Waals surface area contributed by atoms with Gasteiger partial charge in [-0.2, -0.15) is 0 Å². The van der Waals surface area contributed by atoms with E-state index in [1.165, 1.54) is 17.0 Å². The number of anilines is 2. The summed E-state index contributed by atoms with van der Waals surface area (Å²) in [5.74, 6) is 0.0206. The number of benzene rings is 2. The standard InChI is InChI=1S/C22H23BrN4OS/c23-18-8-6-17(7-9-18)20-16-29-22(24-20)25-21(28)10-11-26-12-14-27(15-13-26)19-4-2-1-3-5-19/h1-9,16H,10-15H2,(H,24,25,28). The van der Waals surface area contributed by atoms with Crippen molar-refractivity contribution in [2.75, 3.05) is 42.9 Å². The van der Waals surface area contributed by atoms with E-state index in [1.54, 1.807) is 0 Å². The average molecular weight is 471 g/mol. The molecule has 29 heavy (non-hydrogen) atoms. The van der Waals surface area contributed by atoms with E-state index in [9.17, 15) is 4.79 Å². The Bertz CT molecular complexity index is 937. The Balaban J connectivity index is 1.22. The Morgan fingerprint density at radius 2 is 1.76 bits per heavy atom. The third kappa shape index (κ3) is 5.44. The Kier molecular flexibility index (Phi) is 6.59. The van der Waals surface area contributed by atoms with Gasteiger partial charge in [-0.05, 0) is 24.3 Å². The second kappa shape index (κ2) is 9.52. The summed E-state index contributed by atoms with van der Waals surface area (Å²) in [7, 11) is 0. The summed E-state index contributed by atoms with van der Waals surface area (Å²) in [4.78, 5) is 21.6. The van der Waals surface area contributed by atoms with Crippen molar-refractivity contribution in [2.24, 2.45) is 0 Å². The van der Waals surface area contributed by atoms with Crippen LogP contribution in [0.25, 0.3) is 11.3 Å². The van der Waals surface area contributed by atoms with E-state index < -0.39 is 0 Å². The van der Waals surface area contributed by atoms with Crippen LogP contribution in [-0.4, -0.2) is 48.5 Å². The summed E-state index contributed by atoms with van der Waals surface area (Å²) in [6.45, 7) is 4.73. The molecule has 0 bridgehead atoms. The summed E-state index contributed by atoms with van der Waals surface area (Å²) >= 11 is 4.90. The van der Waals surface area contributed by atoms with Crippen molar-refractivity contribution in [3.05, 3.63) is 64.5 Å². The quantitative estimate of drug-likeness (QED) is 0.565. The second-order valence-electron chi connectivity index (χ2n) is 7.01. The molecule has 0 spiro atoms. The molecule has 0 unspecified atom stereocenters. The number of hydrogen-bond acceptors (Lipinski definition) is 5. The first-order valence-corrected chi connectivity index (χ1v) is 11.4. The van der Waals surface area contributed by atoms with Crippen LogP contribution in [-0.2, 0) is 4.79 Å². The Morgan fingerprint density at radius 1 is 1.03 bits per heavy atom. The first kappa shape index (κ1) is 20.1. The molecule has 150 valence electrons. The minimum absolute atomic E-state index is 0.0206. The molecule has 2 heterocycles. The fourth-order valence-electron chi connectivity index (χ4n) is 3.39. The van der Waals surface area contributed by atoms with Crippen LogP contribution in [0, 0.1) is 0 Å². The van der Waals surface area contributed by atoms with Crippen molar-refractivity contribution < 1.29 is 4.79 Å². The van der Waals surface area contributed by atoms with Crippen molar-refractivity contribution in [3.63, 3.8) is 0 Å². The van der Waals surface area contributed by atoms with Crippen LogP contribution < -0.4 is 10.2 Å². The number of amides is 1. The van der Waals surface area contributed by atoms with E-state index in [4.69, 9.17) is 0 Å². The zero-order valence-corrected chi connectivity index (χ0v) is 18.5. The highest BCUT2D eigenvalue weighted by Crippen LogP contribution is 2.26. The highest BCUT2D eigenvalue weighted by molar-refractivity contribution is 9.10. The molecular formula is C22H23BrN4OS. The van der Waals surface area contributed by atoms with Gasteiger partial charge in [0.05, 0.1) is 5.69 Å². The topological polar surface area (TPSA) is 48.5 Å². The minimum atomic E-state index is 0.0206. The van der Waals surface area contributed by atoms with Crippen molar-refractivity contribution in [3.8, 4) is 11.3 Å². The van der Waals surface area contributed by atoms with E-state index >= 15 is 0 Å². The zero-order valence-electron chi connectivity index (χ0n) is 16.1. The molecule has 1 saturated heterocycles. The lowest BCUT2D eigenvalue weighted by Gasteiger charge is -2.36. The van der Waals surface area contributed by atoms with E-state index in [-0.39, 0.29) is 5.91 Å². The van der Waals surface area contributed by atoms with Crippen LogP contribution in [0.1, 0.15) is 6.42 Å². The first-order valence-electron chi connectivity index (χ1n) is 9.71. The number of carbonyl (C=O) groups excluding carboxylic acids is 1. The van der Waals surface area contributed by atoms with Gasteiger partial charge in [0, 0.05) is 60.2 Å². The number of thiazole rings is 1. The Labute approximate surface area is 183 Å². The van der Waals surface area contributed by atoms with E-state index in [0.29, 0.717) is 11.6 Å². The normalized spacial score (nSPS) is 14.7. The highest BCUT2D eigenvalue weighted by atomic mass is 79.9. The molecule has 1 aliphatic rings. The number of halogens is 1. The van der Waals surface area contributed by atoms with Gasteiger partial charge in [-0.3, -0.25) is 9.69 Å². The zero-order chi connectivity index (χ0) is 20.1. The van der Waals surface area contributed by atoms with E-state index in [2.05, 4.69) is 60.3 Å². The Hall–Kier alpha value is -2.22. The molecule has 1 fully saturated rings. The van der Waals surface area contributed by atoms with Crippen LogP contribution >= 0.6 is 27.3 Å². The predicted molar refractivity (Wildman–Crippen MR) is 124 cm³/mol. The van der Waals surface area contributed by atoms with Gasteiger partial charge in [0.15, 0.2) is 5.13 Å². The molecule has 1 aromatic heterocycles. The van der Waals surface area contributed by atoms with Gasteiger partial charge in [0.2, 0.25) is 5.91 Å². The van der Waals surface area contributed by atoms with Crippen LogP contribution in [0.5, 0.6) is 0 Å². The molecule has 0 aliphatic carbocycles. The molecule has 7 heteroatoms. The van der Waals surface area contributed by atoms with Crippen LogP contribution in [0.15, 0.2) is 64.5 Å². The number of hydrogen-bond donors (Lipinski definition) is 1. The fraction of sp³-hybridized carbons (Fsp3) is 0.273. The van der Waals surface area contributed by atoms with Gasteiger partial charge in [-0.15, -0.1) is 11.3 Å². The number of nitrogens with one attached hydrogen (secondary N) is 1. The van der Waals surface area contributed by atoms with Gasteiger partial charge in [-0.1, -0.05) is 46.3 Å². The molecule has 0 atom stereocenters. The molecular weight excluding hydrogens is 448 g/mol. The van der Waals surface area contributed by atoms with Crippen LogP contribution in [0.4, 0.5) is 10.8 Å². The van der Waals surface area contributed by atoms with Crippen molar-refractivity contribution >= 4 is 44.0 Å². The van der Waals surface area contributed by atoms with Crippen molar-refractivity contribution in [2.45, 2.75) is 6.42 Å². The monoisotopic (exact) mass is 470 g/mol. The summed E-state index contributed by atoms with van der Waals surface area (Å²) < 4.78 is 1.04. The maximum Gasteiger partial charge on any atom is 0.227 e. The largest absolute Gasteiger partial charge is 0.369 e. The Morgan fingerprint density at radius 3 is 2.48 bits per heavy atom. The molecule has 1 N–H and O–H groups in total. The molecule has 0 radical (unpaired) electrons. The fourth-order valence-corrected chi connectivity index (χ4v) is 4.39. The average Bonchev–Trinajstić information content (AvgIpc) is 3.22. The third-order valence-corrected chi connectivity index (χ3v) is 6.33. The molecule has 2 aromatic carbocycles. The third-order valence-electron chi connectivity index (χ3n) is 5.04. The van der Waals surface area contributed by atoms with Crippen LogP contribution in [0.2, 0.25) is 0 Å². The summed E-state index contributed by atoms with van der Waals surface area (Å²) in [6, 6.07) is 18.5. The molecule has 1 amide bonds. The van der Waals surface area contributed by atoms with Gasteiger partial charge in [-0.25, -0.2) is 4.98 Å². The number of piperazine rings is 1. The van der Waals surface area contributed by atoms with Crippen LogP contribution in [0.3, 0.4) is 0 Å². The molecule has 1 aliphatic heterocycles. The SMILES string of the molecule is O=C(CCN1CCN(c2ccccc2)CC1)Nc1nc(-c2ccc(Br)cc2)cs1. The predicted octanol–water partition coefficient (Wildman–Crippen LogP) is 4.72. The first-order chi connectivity index (χ1) is 14.2. The van der Waals surface area contributed by atoms with Crippen molar-refractivity contribution in [1.82, 2.24) is 9.88 Å². The summed E-state index contributed by atoms with van der Waals surface area (Å²) in [5.41, 5.74) is 3.20. The van der Waals surface area contributed by atoms with Gasteiger partial charge < -0.3 is 10.2 Å². The molecule has 5 nitrogen and oxygen atoms in total. The number of para-hydroxylation sites is 1. The van der Waals surface area contributed by atoms with Gasteiger partial charge in [0.1, 0.15) is 0 Å². The lowest BCUT2D eigenvalue weighted by molar-refractivity contribution is -0.116. The number of nitrogens with zero attached hydrogens (tertiary/aromatic N) is 3. The smallest absolute Gasteiger partial charge is 0.227 e. The van der Waals surface area contributed by atoms with E-state index in [1.807, 2.05) is 35.7 Å². The lowest BCUT2D eigenvalue weighted by atomic mass is 10.2. The molecule has 0 saturated carbocycles. The summed E-state index contributed by atoms with van der Waals surface area (Å²) in [5, 5.41) is 5.57. The number of carbonyl (C=O) groups is 1. The van der Waals surface area contributed by atoms with Gasteiger partial charge in [0.25, 0.3) is 0 Å². The lowest BCUT2D eigenvalue weighted by Crippen LogP contribution is -2.47. The highest BCUT2D eigenvalue weighted by Gasteiger charge is 2.18. The minimum Gasteiger partial charge on any atom is -0.369 e. The maximum atomic E-state index is 12.3. The maximum absolute atomic E-state index is 12.3. The van der Waals surface area contributed by atoms with Crippen molar-refractivity contribution in [1.29, 1.82) is 0 Å².